The highest BCUT2D eigenvalue weighted by Gasteiger charge is 2.26. The molecule has 0 unspecified atom stereocenters. The number of rotatable bonds is 8. The number of benzene rings is 13. The highest BCUT2D eigenvalue weighted by Crippen LogP contribution is 2.51. The number of hydrogen-bond donors (Lipinski definition) is 0. The van der Waals surface area contributed by atoms with Crippen molar-refractivity contribution in [2.45, 2.75) is 0 Å². The predicted octanol–water partition coefficient (Wildman–Crippen LogP) is 20.4. The molecule has 15 aromatic rings. The predicted molar refractivity (Wildman–Crippen MR) is 311 cm³/mol. The lowest BCUT2D eigenvalue weighted by atomic mass is 9.85. The quantitative estimate of drug-likeness (QED) is 0.142. The molecule has 74 heavy (non-hydrogen) atoms. The SMILES string of the molecule is c1ccc(-c2c3ccc(N(c4cccc5ccccc45)c4cccc5c4oc4ccccc45)cc3c(-c3ccccc3)c3ccc(N(c4cccc5ccccc45)c4cccc5c4oc4ccccc45)cc23)cc1. The molecule has 2 heterocycles. The third-order valence-corrected chi connectivity index (χ3v) is 15.0. The van der Waals surface area contributed by atoms with E-state index in [9.17, 15) is 0 Å². The molecule has 2 aromatic heterocycles. The minimum atomic E-state index is 0.843. The van der Waals surface area contributed by atoms with Crippen molar-refractivity contribution in [3.63, 3.8) is 0 Å². The molecular formula is C70H44N2O2. The summed E-state index contributed by atoms with van der Waals surface area (Å²) >= 11 is 0. The van der Waals surface area contributed by atoms with Gasteiger partial charge in [0, 0.05) is 43.7 Å². The van der Waals surface area contributed by atoms with Gasteiger partial charge in [-0.25, -0.2) is 0 Å². The fourth-order valence-corrected chi connectivity index (χ4v) is 11.8. The van der Waals surface area contributed by atoms with Gasteiger partial charge in [0.15, 0.2) is 11.2 Å². The third kappa shape index (κ3) is 6.55. The molecule has 13 aromatic carbocycles. The number of hydrogen-bond acceptors (Lipinski definition) is 4. The lowest BCUT2D eigenvalue weighted by Gasteiger charge is -2.29. The number of nitrogens with zero attached hydrogens (tertiary/aromatic N) is 2. The van der Waals surface area contributed by atoms with Gasteiger partial charge in [-0.2, -0.15) is 0 Å². The lowest BCUT2D eigenvalue weighted by Crippen LogP contribution is -2.11. The molecule has 0 fully saturated rings. The second-order valence-corrected chi connectivity index (χ2v) is 19.1. The molecule has 346 valence electrons. The summed E-state index contributed by atoms with van der Waals surface area (Å²) in [4.78, 5) is 4.80. The largest absolute Gasteiger partial charge is 0.454 e. The topological polar surface area (TPSA) is 32.8 Å². The molecule has 0 amide bonds. The van der Waals surface area contributed by atoms with Crippen LogP contribution >= 0.6 is 0 Å². The normalized spacial score (nSPS) is 11.8. The van der Waals surface area contributed by atoms with E-state index in [1.54, 1.807) is 0 Å². The highest BCUT2D eigenvalue weighted by atomic mass is 16.3. The molecule has 0 saturated carbocycles. The molecule has 4 nitrogen and oxygen atoms in total. The van der Waals surface area contributed by atoms with Crippen molar-refractivity contribution < 1.29 is 8.83 Å². The van der Waals surface area contributed by atoms with Gasteiger partial charge >= 0.3 is 0 Å². The Labute approximate surface area is 426 Å². The Hall–Kier alpha value is -9.90. The van der Waals surface area contributed by atoms with E-state index in [0.29, 0.717) is 0 Å². The Morgan fingerprint density at radius 1 is 0.230 bits per heavy atom. The first-order valence-electron chi connectivity index (χ1n) is 25.2. The molecule has 0 aliphatic carbocycles. The summed E-state index contributed by atoms with van der Waals surface area (Å²) in [6.45, 7) is 0. The zero-order valence-electron chi connectivity index (χ0n) is 40.1. The summed E-state index contributed by atoms with van der Waals surface area (Å²) < 4.78 is 13.7. The van der Waals surface area contributed by atoms with Gasteiger partial charge in [0.25, 0.3) is 0 Å². The average molecular weight is 945 g/mol. The average Bonchev–Trinajstić information content (AvgIpc) is 4.05. The molecule has 0 aliphatic rings. The van der Waals surface area contributed by atoms with Gasteiger partial charge < -0.3 is 18.6 Å². The molecule has 0 saturated heterocycles. The Morgan fingerprint density at radius 2 is 0.581 bits per heavy atom. The van der Waals surface area contributed by atoms with Crippen LogP contribution in [0.15, 0.2) is 276 Å². The summed E-state index contributed by atoms with van der Waals surface area (Å²) in [6.07, 6.45) is 0. The molecule has 0 radical (unpaired) electrons. The molecule has 0 bridgehead atoms. The van der Waals surface area contributed by atoms with Crippen LogP contribution in [0.5, 0.6) is 0 Å². The van der Waals surface area contributed by atoms with Crippen LogP contribution in [0.4, 0.5) is 34.1 Å². The van der Waals surface area contributed by atoms with Gasteiger partial charge in [0.1, 0.15) is 11.2 Å². The van der Waals surface area contributed by atoms with Crippen molar-refractivity contribution >= 4 is 121 Å². The maximum Gasteiger partial charge on any atom is 0.159 e. The number of anilines is 6. The molecule has 0 aliphatic heterocycles. The fourth-order valence-electron chi connectivity index (χ4n) is 11.8. The van der Waals surface area contributed by atoms with Crippen LogP contribution in [0, 0.1) is 0 Å². The van der Waals surface area contributed by atoms with Gasteiger partial charge in [0.2, 0.25) is 0 Å². The van der Waals surface area contributed by atoms with Crippen LogP contribution in [0.2, 0.25) is 0 Å². The fraction of sp³-hybridized carbons (Fsp3) is 0. The van der Waals surface area contributed by atoms with Gasteiger partial charge in [0.05, 0.1) is 22.7 Å². The summed E-state index contributed by atoms with van der Waals surface area (Å²) in [5, 5.41) is 13.6. The smallest absolute Gasteiger partial charge is 0.159 e. The second kappa shape index (κ2) is 16.9. The lowest BCUT2D eigenvalue weighted by molar-refractivity contribution is 0.669. The van der Waals surface area contributed by atoms with Crippen molar-refractivity contribution in [1.29, 1.82) is 0 Å². The van der Waals surface area contributed by atoms with Gasteiger partial charge in [-0.05, 0) is 115 Å². The van der Waals surface area contributed by atoms with E-state index in [1.807, 2.05) is 12.1 Å². The highest BCUT2D eigenvalue weighted by molar-refractivity contribution is 6.23. The first kappa shape index (κ1) is 41.8. The van der Waals surface area contributed by atoms with E-state index in [1.165, 1.54) is 21.9 Å². The number of furan rings is 2. The molecule has 15 rings (SSSR count). The third-order valence-electron chi connectivity index (χ3n) is 15.0. The van der Waals surface area contributed by atoms with Crippen LogP contribution in [-0.2, 0) is 0 Å². The monoisotopic (exact) mass is 944 g/mol. The first-order valence-corrected chi connectivity index (χ1v) is 25.2. The van der Waals surface area contributed by atoms with Crippen LogP contribution in [-0.4, -0.2) is 0 Å². The first-order chi connectivity index (χ1) is 36.7. The molecule has 0 spiro atoms. The minimum absolute atomic E-state index is 0.843. The van der Waals surface area contributed by atoms with Crippen molar-refractivity contribution in [1.82, 2.24) is 0 Å². The Kier molecular flexibility index (Phi) is 9.54. The van der Waals surface area contributed by atoms with Crippen LogP contribution < -0.4 is 9.80 Å². The molecule has 4 heteroatoms. The van der Waals surface area contributed by atoms with E-state index in [4.69, 9.17) is 8.83 Å². The zero-order chi connectivity index (χ0) is 48.7. The molecular weight excluding hydrogens is 901 g/mol. The molecule has 0 N–H and O–H groups in total. The Balaban J connectivity index is 1.04. The van der Waals surface area contributed by atoms with Gasteiger partial charge in [-0.3, -0.25) is 0 Å². The van der Waals surface area contributed by atoms with Gasteiger partial charge in [-0.15, -0.1) is 0 Å². The second-order valence-electron chi connectivity index (χ2n) is 19.1. The summed E-state index contributed by atoms with van der Waals surface area (Å²) in [5.41, 5.74) is 14.1. The van der Waals surface area contributed by atoms with Crippen LogP contribution in [0.3, 0.4) is 0 Å². The van der Waals surface area contributed by atoms with Crippen molar-refractivity contribution in [2.75, 3.05) is 9.80 Å². The van der Waals surface area contributed by atoms with E-state index in [-0.39, 0.29) is 0 Å². The van der Waals surface area contributed by atoms with Crippen molar-refractivity contribution in [2.24, 2.45) is 0 Å². The van der Waals surface area contributed by atoms with Gasteiger partial charge in [-0.1, -0.05) is 206 Å². The van der Waals surface area contributed by atoms with Crippen LogP contribution in [0.25, 0.3) is 109 Å². The Bertz CT molecular complexity index is 4380. The van der Waals surface area contributed by atoms with E-state index in [2.05, 4.69) is 265 Å². The number of fused-ring (bicyclic) bond motifs is 10. The minimum Gasteiger partial charge on any atom is -0.454 e. The summed E-state index contributed by atoms with van der Waals surface area (Å²) in [5.74, 6) is 0. The molecule has 0 atom stereocenters. The summed E-state index contributed by atoms with van der Waals surface area (Å²) in [7, 11) is 0. The van der Waals surface area contributed by atoms with E-state index in [0.717, 1.165) is 121 Å². The van der Waals surface area contributed by atoms with Crippen molar-refractivity contribution in [3.05, 3.63) is 267 Å². The Morgan fingerprint density at radius 3 is 1.04 bits per heavy atom. The van der Waals surface area contributed by atoms with Crippen LogP contribution in [0.1, 0.15) is 0 Å². The maximum absolute atomic E-state index is 6.84. The number of para-hydroxylation sites is 4. The van der Waals surface area contributed by atoms with E-state index < -0.39 is 0 Å². The van der Waals surface area contributed by atoms with E-state index >= 15 is 0 Å². The maximum atomic E-state index is 6.84. The summed E-state index contributed by atoms with van der Waals surface area (Å²) in [6, 6.07) is 96.1. The standard InChI is InChI=1S/C70H44N2O2/c1-3-21-47(22-4-1)67-55-41-39-50(72(62-34-16-26-46-20-8-10-28-52(46)62)64-36-18-32-58-54-30-12-14-38-66(54)74-70(58)64)44-60(55)68(48-23-5-2-6-24-48)56-42-40-49(43-59(56)67)71(61-33-15-25-45-19-7-9-27-51(45)61)63-35-17-31-57-53-29-11-13-37-65(53)73-69(57)63/h1-44H. The zero-order valence-corrected chi connectivity index (χ0v) is 40.1. The van der Waals surface area contributed by atoms with Crippen molar-refractivity contribution in [3.8, 4) is 22.3 Å².